The number of fused-ring (bicyclic) bond motifs is 1. The van der Waals surface area contributed by atoms with Gasteiger partial charge in [-0.15, -0.1) is 18.3 Å². The van der Waals surface area contributed by atoms with Crippen LogP contribution < -0.4 is 9.80 Å². The Bertz CT molecular complexity index is 1090. The molecule has 1 aromatic carbocycles. The lowest BCUT2D eigenvalue weighted by Crippen LogP contribution is -2.57. The summed E-state index contributed by atoms with van der Waals surface area (Å²) in [5.74, 6) is -2.08. The van der Waals surface area contributed by atoms with E-state index in [1.54, 1.807) is 34.6 Å². The summed E-state index contributed by atoms with van der Waals surface area (Å²) in [4.78, 5) is 47.6. The lowest BCUT2D eigenvalue weighted by atomic mass is 9.66. The van der Waals surface area contributed by atoms with Gasteiger partial charge in [0.1, 0.15) is 6.04 Å². The van der Waals surface area contributed by atoms with Crippen LogP contribution in [0.25, 0.3) is 0 Å². The molecule has 1 spiro atoms. The monoisotopic (exact) mass is 557 g/mol. The fourth-order valence-corrected chi connectivity index (χ4v) is 9.40. The van der Waals surface area contributed by atoms with Crippen LogP contribution >= 0.6 is 11.8 Å². The maximum Gasteiger partial charge on any atom is 0.311 e. The molecule has 214 valence electrons. The molecular weight excluding hydrogens is 514 g/mol. The number of rotatable bonds is 12. The van der Waals surface area contributed by atoms with E-state index in [9.17, 15) is 19.5 Å². The third-order valence-electron chi connectivity index (χ3n) is 8.93. The third-order valence-corrected chi connectivity index (χ3v) is 10.9. The molecule has 0 radical (unpaired) electrons. The van der Waals surface area contributed by atoms with Crippen molar-refractivity contribution in [3.8, 4) is 0 Å². The first-order valence-electron chi connectivity index (χ1n) is 14.2. The maximum atomic E-state index is 14.7. The van der Waals surface area contributed by atoms with E-state index in [1.807, 2.05) is 38.1 Å². The number of hydrogen-bond acceptors (Lipinski definition) is 7. The van der Waals surface area contributed by atoms with Crippen molar-refractivity contribution in [3.63, 3.8) is 0 Å². The van der Waals surface area contributed by atoms with E-state index in [4.69, 9.17) is 4.74 Å². The van der Waals surface area contributed by atoms with Crippen LogP contribution in [0.5, 0.6) is 0 Å². The number of ether oxygens (including phenoxy) is 1. The second-order valence-electron chi connectivity index (χ2n) is 10.9. The number of hydrogen-bond donors (Lipinski definition) is 1. The number of thioether (sulfide) groups is 1. The normalized spacial score (nSPS) is 29.7. The Labute approximate surface area is 236 Å². The van der Waals surface area contributed by atoms with Gasteiger partial charge in [-0.25, -0.2) is 0 Å². The molecule has 3 aliphatic heterocycles. The molecule has 1 aromatic rings. The van der Waals surface area contributed by atoms with Gasteiger partial charge < -0.3 is 24.5 Å². The zero-order chi connectivity index (χ0) is 28.5. The second kappa shape index (κ2) is 11.5. The standard InChI is InChI=1S/C30H43N3O5S/c1-7-18-32(22-14-12-21(13-15-22)31(9-3)10-4)27(36)25-30-17-16-29(6,39-30)24(28(37)38-11-5)23(30)26(35)33(25)20(8-2)19-34/h7,12-15,20,23-25,34H,1,8-11,16-19H2,2-6H3/t20-,23-,24-,25?,29+,30?/m0/s1. The molecule has 2 bridgehead atoms. The Balaban J connectivity index is 1.79. The van der Waals surface area contributed by atoms with E-state index in [-0.39, 0.29) is 37.5 Å². The van der Waals surface area contributed by atoms with Crippen molar-refractivity contribution in [2.75, 3.05) is 42.6 Å². The van der Waals surface area contributed by atoms with Gasteiger partial charge in [-0.3, -0.25) is 14.4 Å². The van der Waals surface area contributed by atoms with Crippen LogP contribution in [0.3, 0.4) is 0 Å². The Morgan fingerprint density at radius 3 is 2.36 bits per heavy atom. The summed E-state index contributed by atoms with van der Waals surface area (Å²) in [6, 6.07) is 6.59. The molecule has 0 aliphatic carbocycles. The lowest BCUT2D eigenvalue weighted by molar-refractivity contribution is -0.155. The number of aliphatic hydroxyl groups excluding tert-OH is 1. The van der Waals surface area contributed by atoms with Crippen molar-refractivity contribution in [3.05, 3.63) is 36.9 Å². The van der Waals surface area contributed by atoms with Gasteiger partial charge in [-0.05, 0) is 71.2 Å². The van der Waals surface area contributed by atoms with Gasteiger partial charge in [0, 0.05) is 35.8 Å². The number of aliphatic hydroxyl groups is 1. The van der Waals surface area contributed by atoms with Crippen LogP contribution in [0.4, 0.5) is 11.4 Å². The number of anilines is 2. The summed E-state index contributed by atoms with van der Waals surface area (Å²) in [6.07, 6.45) is 3.56. The molecule has 39 heavy (non-hydrogen) atoms. The molecule has 8 nitrogen and oxygen atoms in total. The zero-order valence-electron chi connectivity index (χ0n) is 23.9. The second-order valence-corrected chi connectivity index (χ2v) is 12.8. The highest BCUT2D eigenvalue weighted by Gasteiger charge is 2.78. The molecule has 0 saturated carbocycles. The molecule has 2 unspecified atom stereocenters. The molecule has 9 heteroatoms. The van der Waals surface area contributed by atoms with E-state index in [1.165, 1.54) is 0 Å². The quantitative estimate of drug-likeness (QED) is 0.308. The van der Waals surface area contributed by atoms with E-state index in [0.29, 0.717) is 12.8 Å². The predicted octanol–water partition coefficient (Wildman–Crippen LogP) is 3.87. The summed E-state index contributed by atoms with van der Waals surface area (Å²) >= 11 is 1.61. The molecule has 3 saturated heterocycles. The van der Waals surface area contributed by atoms with E-state index < -0.39 is 33.4 Å². The van der Waals surface area contributed by atoms with Gasteiger partial charge in [0.25, 0.3) is 5.91 Å². The first kappa shape index (κ1) is 29.5. The number of carbonyl (C=O) groups is 3. The van der Waals surface area contributed by atoms with Crippen molar-refractivity contribution in [1.29, 1.82) is 0 Å². The maximum absolute atomic E-state index is 14.7. The van der Waals surface area contributed by atoms with Gasteiger partial charge in [-0.2, -0.15) is 0 Å². The van der Waals surface area contributed by atoms with E-state index in [0.717, 1.165) is 30.9 Å². The summed E-state index contributed by atoms with van der Waals surface area (Å²) < 4.78 is 4.22. The minimum Gasteiger partial charge on any atom is -0.466 e. The first-order valence-corrected chi connectivity index (χ1v) is 15.1. The molecule has 0 aromatic heterocycles. The molecule has 3 heterocycles. The number of benzene rings is 1. The van der Waals surface area contributed by atoms with E-state index in [2.05, 4.69) is 25.3 Å². The summed E-state index contributed by atoms with van der Waals surface area (Å²) in [5, 5.41) is 10.3. The Kier molecular flexibility index (Phi) is 8.71. The Morgan fingerprint density at radius 2 is 1.82 bits per heavy atom. The molecule has 3 aliphatic rings. The predicted molar refractivity (Wildman–Crippen MR) is 156 cm³/mol. The van der Waals surface area contributed by atoms with Crippen molar-refractivity contribution in [2.24, 2.45) is 11.8 Å². The summed E-state index contributed by atoms with van der Waals surface area (Å²) in [7, 11) is 0. The fraction of sp³-hybridized carbons (Fsp3) is 0.633. The van der Waals surface area contributed by atoms with Crippen LogP contribution in [0.2, 0.25) is 0 Å². The Hall–Kier alpha value is -2.52. The van der Waals surface area contributed by atoms with Crippen molar-refractivity contribution in [2.45, 2.75) is 75.5 Å². The minimum atomic E-state index is -0.805. The molecule has 2 amide bonds. The van der Waals surface area contributed by atoms with Gasteiger partial charge in [0.2, 0.25) is 5.91 Å². The van der Waals surface area contributed by atoms with Crippen LogP contribution in [0, 0.1) is 11.8 Å². The van der Waals surface area contributed by atoms with Crippen LogP contribution in [0.1, 0.15) is 53.9 Å². The smallest absolute Gasteiger partial charge is 0.311 e. The highest BCUT2D eigenvalue weighted by molar-refractivity contribution is 8.02. The fourth-order valence-electron chi connectivity index (χ4n) is 7.07. The van der Waals surface area contributed by atoms with E-state index >= 15 is 0 Å². The number of likely N-dealkylation sites (tertiary alicyclic amines) is 1. The summed E-state index contributed by atoms with van der Waals surface area (Å²) in [6.45, 7) is 15.8. The van der Waals surface area contributed by atoms with Gasteiger partial charge in [0.15, 0.2) is 0 Å². The molecule has 6 atom stereocenters. The van der Waals surface area contributed by atoms with Crippen LogP contribution in [-0.4, -0.2) is 82.2 Å². The highest BCUT2D eigenvalue weighted by atomic mass is 32.2. The Morgan fingerprint density at radius 1 is 1.18 bits per heavy atom. The van der Waals surface area contributed by atoms with Gasteiger partial charge in [-0.1, -0.05) is 13.0 Å². The highest BCUT2D eigenvalue weighted by Crippen LogP contribution is 2.71. The molecule has 4 rings (SSSR count). The van der Waals surface area contributed by atoms with Gasteiger partial charge in [0.05, 0.1) is 35.8 Å². The molecule has 3 fully saturated rings. The van der Waals surface area contributed by atoms with Crippen molar-refractivity contribution < 1.29 is 24.2 Å². The number of nitrogens with zero attached hydrogens (tertiary/aromatic N) is 3. The SMILES string of the molecule is C=CCN(C(=O)C1N([C@@H](CC)CO)C(=O)[C@@H]2[C@@H](C(=O)OCC)[C@@]3(C)CCC12S3)c1ccc(N(CC)CC)cc1. The average molecular weight is 558 g/mol. The number of carbonyl (C=O) groups excluding carboxylic acids is 3. The number of amides is 2. The molecular formula is C30H43N3O5S. The van der Waals surface area contributed by atoms with Gasteiger partial charge >= 0.3 is 5.97 Å². The average Bonchev–Trinajstić information content (AvgIpc) is 3.50. The van der Waals surface area contributed by atoms with Crippen molar-refractivity contribution in [1.82, 2.24) is 4.90 Å². The third kappa shape index (κ3) is 4.65. The summed E-state index contributed by atoms with van der Waals surface area (Å²) in [5.41, 5.74) is 1.80. The topological polar surface area (TPSA) is 90.4 Å². The number of esters is 1. The van der Waals surface area contributed by atoms with Crippen LogP contribution in [0.15, 0.2) is 36.9 Å². The molecule has 1 N–H and O–H groups in total. The van der Waals surface area contributed by atoms with Crippen molar-refractivity contribution >= 4 is 40.9 Å². The lowest BCUT2D eigenvalue weighted by Gasteiger charge is -2.39. The first-order chi connectivity index (χ1) is 18.7. The zero-order valence-corrected chi connectivity index (χ0v) is 24.7. The minimum absolute atomic E-state index is 0.200. The van der Waals surface area contributed by atoms with Crippen LogP contribution in [-0.2, 0) is 19.1 Å². The largest absolute Gasteiger partial charge is 0.466 e.